The number of hydrogen-bond donors (Lipinski definition) is 0. The summed E-state index contributed by atoms with van der Waals surface area (Å²) >= 11 is 0. The summed E-state index contributed by atoms with van der Waals surface area (Å²) in [5.74, 6) is 0.113. The molecule has 1 aliphatic rings. The van der Waals surface area contributed by atoms with Gasteiger partial charge < -0.3 is 9.30 Å². The van der Waals surface area contributed by atoms with Crippen molar-refractivity contribution in [3.05, 3.63) is 12.0 Å². The zero-order chi connectivity index (χ0) is 15.6. The maximum absolute atomic E-state index is 12.7. The maximum atomic E-state index is 12.7. The number of sulfonamides is 1. The van der Waals surface area contributed by atoms with Gasteiger partial charge in [0.2, 0.25) is 0 Å². The molecule has 1 aromatic rings. The SMILES string of the molecule is CCOC(=O)CN(C1CC1)S(=O)(=O)c1cn(CC)c(C)n1. The second-order valence-corrected chi connectivity index (χ2v) is 6.84. The van der Waals surface area contributed by atoms with Crippen LogP contribution in [0.5, 0.6) is 0 Å². The van der Waals surface area contributed by atoms with Crippen LogP contribution in [0.2, 0.25) is 0 Å². The minimum Gasteiger partial charge on any atom is -0.465 e. The van der Waals surface area contributed by atoms with E-state index < -0.39 is 16.0 Å². The molecule has 21 heavy (non-hydrogen) atoms. The minimum absolute atomic E-state index is 0.00181. The summed E-state index contributed by atoms with van der Waals surface area (Å²) in [4.78, 5) is 15.8. The van der Waals surface area contributed by atoms with Gasteiger partial charge in [-0.05, 0) is 33.6 Å². The number of hydrogen-bond acceptors (Lipinski definition) is 5. The van der Waals surface area contributed by atoms with E-state index in [1.807, 2.05) is 6.92 Å². The van der Waals surface area contributed by atoms with Gasteiger partial charge >= 0.3 is 5.97 Å². The summed E-state index contributed by atoms with van der Waals surface area (Å²) in [6, 6.07) is -0.119. The van der Waals surface area contributed by atoms with Gasteiger partial charge in [0.1, 0.15) is 12.4 Å². The second-order valence-electron chi connectivity index (χ2n) is 5.00. The highest BCUT2D eigenvalue weighted by atomic mass is 32.2. The molecule has 0 N–H and O–H groups in total. The standard InChI is InChI=1S/C13H21N3O4S/c1-4-15-8-12(14-10(15)3)21(18,19)16(11-6-7-11)9-13(17)20-5-2/h8,11H,4-7,9H2,1-3H3. The van der Waals surface area contributed by atoms with E-state index in [0.29, 0.717) is 12.4 Å². The summed E-state index contributed by atoms with van der Waals surface area (Å²) in [6.45, 7) is 6.01. The summed E-state index contributed by atoms with van der Waals surface area (Å²) < 4.78 is 33.2. The van der Waals surface area contributed by atoms with Crippen molar-refractivity contribution >= 4 is 16.0 Å². The molecule has 0 unspecified atom stereocenters. The van der Waals surface area contributed by atoms with E-state index in [1.54, 1.807) is 18.4 Å². The third kappa shape index (κ3) is 3.44. The minimum atomic E-state index is -3.76. The van der Waals surface area contributed by atoms with Crippen LogP contribution in [0.3, 0.4) is 0 Å². The summed E-state index contributed by atoms with van der Waals surface area (Å²) in [5, 5.41) is -0.00181. The van der Waals surface area contributed by atoms with Gasteiger partial charge in [-0.2, -0.15) is 4.31 Å². The Morgan fingerprint density at radius 2 is 2.14 bits per heavy atom. The van der Waals surface area contributed by atoms with Gasteiger partial charge in [0, 0.05) is 18.8 Å². The molecule has 8 heteroatoms. The Balaban J connectivity index is 2.27. The van der Waals surface area contributed by atoms with E-state index >= 15 is 0 Å². The molecule has 1 saturated carbocycles. The lowest BCUT2D eigenvalue weighted by Gasteiger charge is -2.19. The van der Waals surface area contributed by atoms with Crippen LogP contribution >= 0.6 is 0 Å². The van der Waals surface area contributed by atoms with Crippen LogP contribution in [-0.2, 0) is 26.1 Å². The first-order valence-electron chi connectivity index (χ1n) is 7.11. The Hall–Kier alpha value is -1.41. The maximum Gasteiger partial charge on any atom is 0.321 e. The lowest BCUT2D eigenvalue weighted by Crippen LogP contribution is -2.38. The van der Waals surface area contributed by atoms with E-state index in [4.69, 9.17) is 4.74 Å². The molecule has 1 aromatic heterocycles. The number of aryl methyl sites for hydroxylation is 2. The van der Waals surface area contributed by atoms with Crippen LogP contribution in [0.4, 0.5) is 0 Å². The number of aromatic nitrogens is 2. The van der Waals surface area contributed by atoms with Crippen molar-refractivity contribution < 1.29 is 17.9 Å². The molecule has 0 amide bonds. The molecular formula is C13H21N3O4S. The topological polar surface area (TPSA) is 81.5 Å². The predicted octanol–water partition coefficient (Wildman–Crippen LogP) is 0.928. The molecule has 0 spiro atoms. The highest BCUT2D eigenvalue weighted by Crippen LogP contribution is 2.31. The molecular weight excluding hydrogens is 294 g/mol. The lowest BCUT2D eigenvalue weighted by molar-refractivity contribution is -0.143. The van der Waals surface area contributed by atoms with Crippen LogP contribution in [-0.4, -0.2) is 47.4 Å². The Morgan fingerprint density at radius 1 is 1.48 bits per heavy atom. The van der Waals surface area contributed by atoms with Crippen molar-refractivity contribution in [3.63, 3.8) is 0 Å². The summed E-state index contributed by atoms with van der Waals surface area (Å²) in [6.07, 6.45) is 3.06. The highest BCUT2D eigenvalue weighted by molar-refractivity contribution is 7.89. The normalized spacial score (nSPS) is 15.4. The molecule has 0 bridgehead atoms. The van der Waals surface area contributed by atoms with Crippen molar-refractivity contribution in [2.45, 2.75) is 51.2 Å². The Morgan fingerprint density at radius 3 is 2.62 bits per heavy atom. The van der Waals surface area contributed by atoms with E-state index in [2.05, 4.69) is 4.98 Å². The Bertz CT molecular complexity index is 619. The van der Waals surface area contributed by atoms with E-state index in [1.165, 1.54) is 10.5 Å². The van der Waals surface area contributed by atoms with Crippen molar-refractivity contribution in [2.24, 2.45) is 0 Å². The van der Waals surface area contributed by atoms with Gasteiger partial charge in [0.15, 0.2) is 5.03 Å². The molecule has 1 heterocycles. The predicted molar refractivity (Wildman–Crippen MR) is 76.2 cm³/mol. The average Bonchev–Trinajstić information content (AvgIpc) is 3.18. The molecule has 2 rings (SSSR count). The summed E-state index contributed by atoms with van der Waals surface area (Å²) in [5.41, 5.74) is 0. The van der Waals surface area contributed by atoms with E-state index in [-0.39, 0.29) is 24.2 Å². The molecule has 0 atom stereocenters. The largest absolute Gasteiger partial charge is 0.465 e. The average molecular weight is 315 g/mol. The van der Waals surface area contributed by atoms with Crippen LogP contribution in [0.25, 0.3) is 0 Å². The van der Waals surface area contributed by atoms with Gasteiger partial charge in [0.25, 0.3) is 10.0 Å². The van der Waals surface area contributed by atoms with Crippen molar-refractivity contribution in [1.82, 2.24) is 13.9 Å². The third-order valence-electron chi connectivity index (χ3n) is 3.41. The molecule has 7 nitrogen and oxygen atoms in total. The zero-order valence-corrected chi connectivity index (χ0v) is 13.4. The molecule has 0 aromatic carbocycles. The number of carbonyl (C=O) groups excluding carboxylic acids is 1. The van der Waals surface area contributed by atoms with Crippen molar-refractivity contribution in [3.8, 4) is 0 Å². The highest BCUT2D eigenvalue weighted by Gasteiger charge is 2.40. The van der Waals surface area contributed by atoms with Crippen LogP contribution in [0.15, 0.2) is 11.2 Å². The van der Waals surface area contributed by atoms with E-state index in [0.717, 1.165) is 12.8 Å². The third-order valence-corrected chi connectivity index (χ3v) is 5.18. The zero-order valence-electron chi connectivity index (χ0n) is 12.6. The van der Waals surface area contributed by atoms with Crippen molar-refractivity contribution in [1.29, 1.82) is 0 Å². The lowest BCUT2D eigenvalue weighted by atomic mass is 10.6. The fraction of sp³-hybridized carbons (Fsp3) is 0.692. The first-order chi connectivity index (χ1) is 9.90. The van der Waals surface area contributed by atoms with Gasteiger partial charge in [-0.3, -0.25) is 4.79 Å². The molecule has 0 saturated heterocycles. The molecule has 118 valence electrons. The monoisotopic (exact) mass is 315 g/mol. The quantitative estimate of drug-likeness (QED) is 0.699. The van der Waals surface area contributed by atoms with Crippen molar-refractivity contribution in [2.75, 3.05) is 13.2 Å². The summed E-state index contributed by atoms with van der Waals surface area (Å²) in [7, 11) is -3.76. The Labute approximate surface area is 125 Å². The molecule has 0 aliphatic heterocycles. The molecule has 1 fully saturated rings. The van der Waals surface area contributed by atoms with Crippen LogP contribution in [0.1, 0.15) is 32.5 Å². The Kier molecular flexibility index (Phi) is 4.67. The van der Waals surface area contributed by atoms with Crippen LogP contribution in [0, 0.1) is 6.92 Å². The van der Waals surface area contributed by atoms with Crippen LogP contribution < -0.4 is 0 Å². The number of rotatable bonds is 7. The first-order valence-corrected chi connectivity index (χ1v) is 8.55. The molecule has 0 radical (unpaired) electrons. The van der Waals surface area contributed by atoms with Gasteiger partial charge in [-0.1, -0.05) is 0 Å². The fourth-order valence-electron chi connectivity index (χ4n) is 2.15. The fourth-order valence-corrected chi connectivity index (χ4v) is 3.78. The number of ether oxygens (including phenoxy) is 1. The number of carbonyl (C=O) groups is 1. The van der Waals surface area contributed by atoms with Gasteiger partial charge in [-0.15, -0.1) is 0 Å². The number of nitrogens with zero attached hydrogens (tertiary/aromatic N) is 3. The smallest absolute Gasteiger partial charge is 0.321 e. The number of imidazole rings is 1. The van der Waals surface area contributed by atoms with Gasteiger partial charge in [-0.25, -0.2) is 13.4 Å². The van der Waals surface area contributed by atoms with Gasteiger partial charge in [0.05, 0.1) is 6.61 Å². The first kappa shape index (κ1) is 16.0. The van der Waals surface area contributed by atoms with E-state index in [9.17, 15) is 13.2 Å². The number of esters is 1. The second kappa shape index (κ2) is 6.15. The molecule has 1 aliphatic carbocycles.